The zero-order chi connectivity index (χ0) is 16.2. The molecule has 23 heavy (non-hydrogen) atoms. The zero-order valence-electron chi connectivity index (χ0n) is 12.5. The van der Waals surface area contributed by atoms with Gasteiger partial charge in [0.05, 0.1) is 17.9 Å². The number of hydrogen-bond donors (Lipinski definition) is 1. The Morgan fingerprint density at radius 1 is 1.30 bits per heavy atom. The number of rotatable bonds is 5. The maximum Gasteiger partial charge on any atom is 0.273 e. The summed E-state index contributed by atoms with van der Waals surface area (Å²) >= 11 is 0. The van der Waals surface area contributed by atoms with Gasteiger partial charge in [-0.15, -0.1) is 5.10 Å². The zero-order valence-corrected chi connectivity index (χ0v) is 12.5. The molecule has 8 heteroatoms. The fraction of sp³-hybridized carbons (Fsp3) is 0.200. The van der Waals surface area contributed by atoms with Gasteiger partial charge in [-0.1, -0.05) is 5.21 Å². The fourth-order valence-corrected chi connectivity index (χ4v) is 2.17. The molecule has 3 rings (SSSR count). The molecule has 118 valence electrons. The topological polar surface area (TPSA) is 77.6 Å². The number of aromatic nitrogens is 5. The second kappa shape index (κ2) is 6.39. The van der Waals surface area contributed by atoms with E-state index >= 15 is 0 Å². The number of carbonyl (C=O) groups excluding carboxylic acids is 1. The molecule has 0 fully saturated rings. The van der Waals surface area contributed by atoms with E-state index in [0.29, 0.717) is 24.5 Å². The maximum absolute atomic E-state index is 13.0. The Hall–Kier alpha value is -3.03. The standard InChI is InChI=1S/C15H15FN6O/c1-11-14(15(23)17-8-10-21-9-2-7-18-21)19-20-22(11)13-5-3-12(16)4-6-13/h2-7,9H,8,10H2,1H3,(H,17,23). The molecule has 1 aromatic carbocycles. The molecule has 1 amide bonds. The van der Waals surface area contributed by atoms with E-state index in [1.165, 1.54) is 16.8 Å². The van der Waals surface area contributed by atoms with Crippen LogP contribution in [0.2, 0.25) is 0 Å². The van der Waals surface area contributed by atoms with Gasteiger partial charge in [-0.25, -0.2) is 9.07 Å². The van der Waals surface area contributed by atoms with Gasteiger partial charge in [0.15, 0.2) is 5.69 Å². The summed E-state index contributed by atoms with van der Waals surface area (Å²) in [4.78, 5) is 12.2. The first-order valence-corrected chi connectivity index (χ1v) is 7.09. The molecule has 0 unspecified atom stereocenters. The predicted octanol–water partition coefficient (Wildman–Crippen LogP) is 1.34. The van der Waals surface area contributed by atoms with Crippen LogP contribution in [0.3, 0.4) is 0 Å². The van der Waals surface area contributed by atoms with Crippen molar-refractivity contribution in [1.29, 1.82) is 0 Å². The van der Waals surface area contributed by atoms with Crippen LogP contribution in [0.4, 0.5) is 4.39 Å². The Labute approximate surface area is 131 Å². The summed E-state index contributed by atoms with van der Waals surface area (Å²) in [6.07, 6.45) is 3.50. The van der Waals surface area contributed by atoms with E-state index in [1.54, 1.807) is 29.9 Å². The summed E-state index contributed by atoms with van der Waals surface area (Å²) in [7, 11) is 0. The van der Waals surface area contributed by atoms with Crippen molar-refractivity contribution < 1.29 is 9.18 Å². The number of nitrogens with one attached hydrogen (secondary N) is 1. The van der Waals surface area contributed by atoms with Crippen molar-refractivity contribution in [2.75, 3.05) is 6.54 Å². The Morgan fingerprint density at radius 3 is 2.78 bits per heavy atom. The molecule has 0 aliphatic rings. The second-order valence-corrected chi connectivity index (χ2v) is 4.94. The summed E-state index contributed by atoms with van der Waals surface area (Å²) in [5.74, 6) is -0.633. The van der Waals surface area contributed by atoms with Gasteiger partial charge in [0.25, 0.3) is 5.91 Å². The van der Waals surface area contributed by atoms with Crippen molar-refractivity contribution in [1.82, 2.24) is 30.1 Å². The minimum absolute atomic E-state index is 0.245. The molecule has 1 N–H and O–H groups in total. The lowest BCUT2D eigenvalue weighted by molar-refractivity contribution is 0.0946. The largest absolute Gasteiger partial charge is 0.349 e. The van der Waals surface area contributed by atoms with Crippen LogP contribution in [0.15, 0.2) is 42.7 Å². The van der Waals surface area contributed by atoms with Crippen LogP contribution in [0.1, 0.15) is 16.2 Å². The van der Waals surface area contributed by atoms with Crippen LogP contribution in [0.25, 0.3) is 5.69 Å². The third-order valence-corrected chi connectivity index (χ3v) is 3.37. The molecule has 0 aliphatic carbocycles. The molecule has 2 heterocycles. The molecule has 0 bridgehead atoms. The van der Waals surface area contributed by atoms with E-state index in [9.17, 15) is 9.18 Å². The number of benzene rings is 1. The second-order valence-electron chi connectivity index (χ2n) is 4.94. The van der Waals surface area contributed by atoms with E-state index in [4.69, 9.17) is 0 Å². The third kappa shape index (κ3) is 3.25. The highest BCUT2D eigenvalue weighted by Gasteiger charge is 2.16. The highest BCUT2D eigenvalue weighted by molar-refractivity contribution is 5.93. The van der Waals surface area contributed by atoms with Crippen molar-refractivity contribution in [3.8, 4) is 5.69 Å². The van der Waals surface area contributed by atoms with Crippen molar-refractivity contribution in [2.45, 2.75) is 13.5 Å². The first-order chi connectivity index (χ1) is 11.1. The SMILES string of the molecule is Cc1c(C(=O)NCCn2cccn2)nnn1-c1ccc(F)cc1. The average molecular weight is 314 g/mol. The molecule has 2 aromatic heterocycles. The van der Waals surface area contributed by atoms with E-state index in [1.807, 2.05) is 12.3 Å². The molecule has 0 saturated heterocycles. The summed E-state index contributed by atoms with van der Waals surface area (Å²) in [6.45, 7) is 2.75. The Balaban J connectivity index is 1.68. The van der Waals surface area contributed by atoms with Gasteiger partial charge < -0.3 is 5.32 Å². The smallest absolute Gasteiger partial charge is 0.273 e. The summed E-state index contributed by atoms with van der Waals surface area (Å²) in [5, 5.41) is 14.7. The number of nitrogens with zero attached hydrogens (tertiary/aromatic N) is 5. The third-order valence-electron chi connectivity index (χ3n) is 3.37. The molecular formula is C15H15FN6O. The maximum atomic E-state index is 13.0. The number of carbonyl (C=O) groups is 1. The van der Waals surface area contributed by atoms with Crippen molar-refractivity contribution in [3.05, 3.63) is 59.9 Å². The van der Waals surface area contributed by atoms with Crippen LogP contribution in [0, 0.1) is 12.7 Å². The average Bonchev–Trinajstić information content (AvgIpc) is 3.18. The van der Waals surface area contributed by atoms with E-state index in [0.717, 1.165) is 0 Å². The molecule has 0 saturated carbocycles. The summed E-state index contributed by atoms with van der Waals surface area (Å²) in [5.41, 5.74) is 1.48. The summed E-state index contributed by atoms with van der Waals surface area (Å²) in [6, 6.07) is 7.65. The van der Waals surface area contributed by atoms with Crippen molar-refractivity contribution >= 4 is 5.91 Å². The van der Waals surface area contributed by atoms with Gasteiger partial charge in [0.1, 0.15) is 5.82 Å². The van der Waals surface area contributed by atoms with Crippen LogP contribution in [-0.2, 0) is 6.54 Å². The van der Waals surface area contributed by atoms with Crippen LogP contribution in [0.5, 0.6) is 0 Å². The van der Waals surface area contributed by atoms with Crippen molar-refractivity contribution in [2.24, 2.45) is 0 Å². The van der Waals surface area contributed by atoms with Gasteiger partial charge in [-0.3, -0.25) is 9.48 Å². The van der Waals surface area contributed by atoms with Crippen LogP contribution < -0.4 is 5.32 Å². The first-order valence-electron chi connectivity index (χ1n) is 7.09. The normalized spacial score (nSPS) is 10.7. The molecule has 0 spiro atoms. The quantitative estimate of drug-likeness (QED) is 0.771. The van der Waals surface area contributed by atoms with E-state index in [2.05, 4.69) is 20.7 Å². The molecule has 7 nitrogen and oxygen atoms in total. The van der Waals surface area contributed by atoms with E-state index in [-0.39, 0.29) is 17.4 Å². The Kier molecular flexibility index (Phi) is 4.13. The number of halogens is 1. The summed E-state index contributed by atoms with van der Waals surface area (Å²) < 4.78 is 16.2. The minimum atomic E-state index is -0.330. The number of hydrogen-bond acceptors (Lipinski definition) is 4. The number of amides is 1. The van der Waals surface area contributed by atoms with Crippen LogP contribution >= 0.6 is 0 Å². The lowest BCUT2D eigenvalue weighted by Crippen LogP contribution is -2.28. The molecule has 0 radical (unpaired) electrons. The van der Waals surface area contributed by atoms with Gasteiger partial charge in [-0.05, 0) is 37.3 Å². The highest BCUT2D eigenvalue weighted by Crippen LogP contribution is 2.12. The first kappa shape index (κ1) is 14.9. The van der Waals surface area contributed by atoms with Gasteiger partial charge in [0.2, 0.25) is 0 Å². The van der Waals surface area contributed by atoms with Gasteiger partial charge in [-0.2, -0.15) is 5.10 Å². The fourth-order valence-electron chi connectivity index (χ4n) is 2.17. The molecule has 0 atom stereocenters. The van der Waals surface area contributed by atoms with E-state index < -0.39 is 0 Å². The minimum Gasteiger partial charge on any atom is -0.349 e. The monoisotopic (exact) mass is 314 g/mol. The Morgan fingerprint density at radius 2 is 2.09 bits per heavy atom. The van der Waals surface area contributed by atoms with Gasteiger partial charge >= 0.3 is 0 Å². The molecular weight excluding hydrogens is 299 g/mol. The van der Waals surface area contributed by atoms with Gasteiger partial charge in [0, 0.05) is 18.9 Å². The van der Waals surface area contributed by atoms with Crippen molar-refractivity contribution in [3.63, 3.8) is 0 Å². The highest BCUT2D eigenvalue weighted by atomic mass is 19.1. The predicted molar refractivity (Wildman–Crippen MR) is 80.6 cm³/mol. The lowest BCUT2D eigenvalue weighted by atomic mass is 10.3. The molecule has 0 aliphatic heterocycles. The van der Waals surface area contributed by atoms with Crippen LogP contribution in [-0.4, -0.2) is 37.2 Å². The molecule has 3 aromatic rings. The Bertz CT molecular complexity index is 794. The lowest BCUT2D eigenvalue weighted by Gasteiger charge is -2.05.